The Kier molecular flexibility index (Phi) is 5.70. The summed E-state index contributed by atoms with van der Waals surface area (Å²) < 4.78 is 1.76. The molecular formula is C24H26N8O. The maximum atomic E-state index is 12.8. The van der Waals surface area contributed by atoms with Crippen LogP contribution in [-0.4, -0.2) is 68.8 Å². The van der Waals surface area contributed by atoms with Crippen molar-refractivity contribution in [3.8, 4) is 11.3 Å². The van der Waals surface area contributed by atoms with E-state index in [-0.39, 0.29) is 5.91 Å². The molecule has 0 unspecified atom stereocenters. The lowest BCUT2D eigenvalue weighted by atomic mass is 10.1. The topological polar surface area (TPSA) is 92.1 Å². The number of nitrogens with zero attached hydrogens (tertiary/aromatic N) is 7. The number of amides is 1. The van der Waals surface area contributed by atoms with Gasteiger partial charge in [0.25, 0.3) is 5.91 Å². The van der Waals surface area contributed by atoms with Crippen LogP contribution in [0.25, 0.3) is 22.0 Å². The van der Waals surface area contributed by atoms with Crippen LogP contribution in [0.4, 0.5) is 11.6 Å². The molecule has 1 aliphatic heterocycles. The molecule has 168 valence electrons. The fourth-order valence-electron chi connectivity index (χ4n) is 4.10. The van der Waals surface area contributed by atoms with E-state index >= 15 is 0 Å². The second-order valence-electron chi connectivity index (χ2n) is 8.36. The molecule has 0 aliphatic carbocycles. The number of pyridine rings is 3. The molecule has 0 radical (unpaired) electrons. The second-order valence-corrected chi connectivity index (χ2v) is 8.36. The van der Waals surface area contributed by atoms with Crippen LogP contribution in [0.2, 0.25) is 0 Å². The maximum absolute atomic E-state index is 12.8. The van der Waals surface area contributed by atoms with E-state index in [1.54, 1.807) is 35.4 Å². The molecular weight excluding hydrogens is 416 g/mol. The number of aryl methyl sites for hydroxylation is 1. The van der Waals surface area contributed by atoms with Crippen LogP contribution in [0.5, 0.6) is 0 Å². The highest BCUT2D eigenvalue weighted by atomic mass is 16.1. The molecule has 9 nitrogen and oxygen atoms in total. The number of hydrogen-bond donors (Lipinski definition) is 1. The third-order valence-corrected chi connectivity index (χ3v) is 5.90. The van der Waals surface area contributed by atoms with E-state index in [0.29, 0.717) is 11.4 Å². The minimum Gasteiger partial charge on any atom is -0.355 e. The Balaban J connectivity index is 1.57. The molecule has 0 saturated carbocycles. The third-order valence-electron chi connectivity index (χ3n) is 5.90. The Bertz CT molecular complexity index is 1290. The molecule has 0 bridgehead atoms. The normalized spacial score (nSPS) is 14.9. The van der Waals surface area contributed by atoms with Crippen molar-refractivity contribution in [3.63, 3.8) is 0 Å². The second kappa shape index (κ2) is 8.95. The zero-order chi connectivity index (χ0) is 22.8. The van der Waals surface area contributed by atoms with E-state index in [1.807, 2.05) is 31.6 Å². The predicted octanol–water partition coefficient (Wildman–Crippen LogP) is 2.82. The minimum absolute atomic E-state index is 0.215. The lowest BCUT2D eigenvalue weighted by molar-refractivity contribution is 0.102. The first-order valence-corrected chi connectivity index (χ1v) is 11.0. The summed E-state index contributed by atoms with van der Waals surface area (Å²) in [5, 5.41) is 9.16. The number of hydrogen-bond acceptors (Lipinski definition) is 7. The van der Waals surface area contributed by atoms with Crippen LogP contribution in [-0.2, 0) is 7.05 Å². The summed E-state index contributed by atoms with van der Waals surface area (Å²) in [5.41, 5.74) is 2.31. The summed E-state index contributed by atoms with van der Waals surface area (Å²) in [5.74, 6) is 1.14. The Labute approximate surface area is 192 Å². The summed E-state index contributed by atoms with van der Waals surface area (Å²) in [7, 11) is 4.03. The number of carbonyl (C=O) groups excluding carboxylic acids is 1. The monoisotopic (exact) mass is 442 g/mol. The minimum atomic E-state index is -0.215. The van der Waals surface area contributed by atoms with Gasteiger partial charge >= 0.3 is 0 Å². The van der Waals surface area contributed by atoms with Gasteiger partial charge in [-0.2, -0.15) is 5.10 Å². The van der Waals surface area contributed by atoms with Crippen molar-refractivity contribution in [2.24, 2.45) is 7.05 Å². The zero-order valence-electron chi connectivity index (χ0n) is 18.8. The van der Waals surface area contributed by atoms with Crippen molar-refractivity contribution >= 4 is 28.3 Å². The molecule has 0 atom stereocenters. The third kappa shape index (κ3) is 4.54. The van der Waals surface area contributed by atoms with E-state index in [2.05, 4.69) is 32.2 Å². The van der Waals surface area contributed by atoms with Gasteiger partial charge in [0.1, 0.15) is 11.6 Å². The predicted molar refractivity (Wildman–Crippen MR) is 128 cm³/mol. The van der Waals surface area contributed by atoms with E-state index in [9.17, 15) is 4.79 Å². The first-order chi connectivity index (χ1) is 16.1. The molecule has 4 aromatic rings. The fourth-order valence-corrected chi connectivity index (χ4v) is 4.10. The van der Waals surface area contributed by atoms with Gasteiger partial charge in [0.2, 0.25) is 0 Å². The molecule has 33 heavy (non-hydrogen) atoms. The summed E-state index contributed by atoms with van der Waals surface area (Å²) in [4.78, 5) is 31.0. The zero-order valence-corrected chi connectivity index (χ0v) is 18.8. The van der Waals surface area contributed by atoms with Crippen LogP contribution < -0.4 is 10.2 Å². The number of anilines is 2. The van der Waals surface area contributed by atoms with Crippen molar-refractivity contribution in [2.45, 2.75) is 6.42 Å². The number of carbonyl (C=O) groups is 1. The molecule has 0 aromatic carbocycles. The highest BCUT2D eigenvalue weighted by Gasteiger charge is 2.19. The van der Waals surface area contributed by atoms with E-state index in [1.165, 1.54) is 0 Å². The van der Waals surface area contributed by atoms with Gasteiger partial charge in [-0.15, -0.1) is 0 Å². The van der Waals surface area contributed by atoms with Crippen molar-refractivity contribution < 1.29 is 4.79 Å². The lowest BCUT2D eigenvalue weighted by Crippen LogP contribution is -2.29. The van der Waals surface area contributed by atoms with Crippen molar-refractivity contribution in [1.82, 2.24) is 29.6 Å². The number of nitrogens with one attached hydrogen (secondary N) is 1. The molecule has 1 aliphatic rings. The summed E-state index contributed by atoms with van der Waals surface area (Å²) in [6.45, 7) is 3.78. The van der Waals surface area contributed by atoms with E-state index in [0.717, 1.165) is 60.4 Å². The van der Waals surface area contributed by atoms with Gasteiger partial charge in [-0.25, -0.2) is 4.98 Å². The van der Waals surface area contributed by atoms with Gasteiger partial charge in [-0.1, -0.05) is 0 Å². The average molecular weight is 443 g/mol. The van der Waals surface area contributed by atoms with Gasteiger partial charge in [-0.05, 0) is 49.7 Å². The summed E-state index contributed by atoms with van der Waals surface area (Å²) in [6, 6.07) is 7.31. The van der Waals surface area contributed by atoms with Crippen molar-refractivity contribution in [1.29, 1.82) is 0 Å². The van der Waals surface area contributed by atoms with E-state index < -0.39 is 0 Å². The van der Waals surface area contributed by atoms with Crippen LogP contribution in [0.3, 0.4) is 0 Å². The van der Waals surface area contributed by atoms with Gasteiger partial charge < -0.3 is 15.1 Å². The Morgan fingerprint density at radius 2 is 1.88 bits per heavy atom. The largest absolute Gasteiger partial charge is 0.355 e. The molecule has 1 fully saturated rings. The standard InChI is InChI=1S/C24H26N8O/c1-30-8-3-9-32(11-10-30)23-20-15-26-21(19-14-27-31(2)16-19)12-18(20)13-22(28-23)29-24(33)17-4-6-25-7-5-17/h4-7,12-16H,3,8-11H2,1-2H3,(H,28,29,33). The van der Waals surface area contributed by atoms with Crippen LogP contribution in [0.1, 0.15) is 16.8 Å². The molecule has 9 heteroatoms. The van der Waals surface area contributed by atoms with Crippen LogP contribution in [0.15, 0.2) is 55.2 Å². The Morgan fingerprint density at radius 3 is 2.67 bits per heavy atom. The highest BCUT2D eigenvalue weighted by Crippen LogP contribution is 2.31. The van der Waals surface area contributed by atoms with Gasteiger partial charge in [0.15, 0.2) is 0 Å². The van der Waals surface area contributed by atoms with E-state index in [4.69, 9.17) is 9.97 Å². The van der Waals surface area contributed by atoms with Crippen LogP contribution in [0, 0.1) is 0 Å². The first kappa shape index (κ1) is 21.0. The first-order valence-electron chi connectivity index (χ1n) is 11.0. The maximum Gasteiger partial charge on any atom is 0.256 e. The van der Waals surface area contributed by atoms with Crippen LogP contribution >= 0.6 is 0 Å². The summed E-state index contributed by atoms with van der Waals surface area (Å²) >= 11 is 0. The number of fused-ring (bicyclic) bond motifs is 1. The molecule has 4 aromatic heterocycles. The molecule has 5 rings (SSSR count). The van der Waals surface area contributed by atoms with Crippen molar-refractivity contribution in [3.05, 3.63) is 60.8 Å². The molecule has 0 spiro atoms. The quantitative estimate of drug-likeness (QED) is 0.520. The molecule has 1 N–H and O–H groups in total. The molecule has 1 amide bonds. The lowest BCUT2D eigenvalue weighted by Gasteiger charge is -2.24. The smallest absolute Gasteiger partial charge is 0.256 e. The average Bonchev–Trinajstić information content (AvgIpc) is 3.15. The Hall–Kier alpha value is -3.85. The Morgan fingerprint density at radius 1 is 1.03 bits per heavy atom. The highest BCUT2D eigenvalue weighted by molar-refractivity contribution is 6.05. The molecule has 1 saturated heterocycles. The van der Waals surface area contributed by atoms with Gasteiger partial charge in [0, 0.05) is 68.0 Å². The SMILES string of the molecule is CN1CCCN(c2nc(NC(=O)c3ccncc3)cc3cc(-c4cnn(C)c4)ncc23)CC1. The van der Waals surface area contributed by atoms with Crippen molar-refractivity contribution in [2.75, 3.05) is 43.4 Å². The van der Waals surface area contributed by atoms with Gasteiger partial charge in [-0.3, -0.25) is 19.4 Å². The number of rotatable bonds is 4. The van der Waals surface area contributed by atoms with Gasteiger partial charge in [0.05, 0.1) is 11.9 Å². The number of likely N-dealkylation sites (N-methyl/N-ethyl adjacent to an activating group) is 1. The molecule has 5 heterocycles. The fraction of sp³-hybridized carbons (Fsp3) is 0.292. The summed E-state index contributed by atoms with van der Waals surface area (Å²) in [6.07, 6.45) is 9.87. The number of aromatic nitrogens is 5.